The molecule has 1 rings (SSSR count). The lowest BCUT2D eigenvalue weighted by molar-refractivity contribution is 0.0690. The third-order valence-electron chi connectivity index (χ3n) is 2.23. The maximum atomic E-state index is 10.7. The summed E-state index contributed by atoms with van der Waals surface area (Å²) in [5, 5.41) is 12.7. The number of nitrogens with zero attached hydrogens (tertiary/aromatic N) is 2. The average molecular weight is 211 g/mol. The van der Waals surface area contributed by atoms with E-state index in [1.54, 1.807) is 10.9 Å². The zero-order valence-corrected chi connectivity index (χ0v) is 9.27. The molecule has 0 radical (unpaired) electrons. The Bertz CT molecular complexity index is 358. The smallest absolute Gasteiger partial charge is 0.358 e. The molecule has 0 saturated heterocycles. The van der Waals surface area contributed by atoms with Gasteiger partial charge >= 0.3 is 5.97 Å². The maximum Gasteiger partial charge on any atom is 0.358 e. The predicted molar refractivity (Wildman–Crippen MR) is 57.8 cm³/mol. The van der Waals surface area contributed by atoms with Crippen molar-refractivity contribution >= 4 is 11.7 Å². The van der Waals surface area contributed by atoms with Crippen molar-refractivity contribution in [1.82, 2.24) is 9.78 Å². The zero-order chi connectivity index (χ0) is 11.6. The summed E-state index contributed by atoms with van der Waals surface area (Å²) < 4.78 is 1.62. The zero-order valence-electron chi connectivity index (χ0n) is 9.27. The molecule has 0 saturated carbocycles. The first-order valence-electron chi connectivity index (χ1n) is 4.99. The van der Waals surface area contributed by atoms with E-state index in [1.165, 1.54) is 0 Å². The fourth-order valence-electron chi connectivity index (χ4n) is 1.59. The molecular formula is C10H17N3O2. The van der Waals surface area contributed by atoms with Crippen molar-refractivity contribution in [3.05, 3.63) is 11.9 Å². The number of carbonyl (C=O) groups is 1. The van der Waals surface area contributed by atoms with E-state index in [-0.39, 0.29) is 17.4 Å². The SMILES string of the molecule is CC(C)CC(C)n1cc(N)c(C(=O)O)n1. The number of carboxylic acid groups (broad SMARTS) is 1. The van der Waals surface area contributed by atoms with Crippen LogP contribution >= 0.6 is 0 Å². The van der Waals surface area contributed by atoms with Crippen LogP contribution in [0.5, 0.6) is 0 Å². The minimum atomic E-state index is -1.08. The van der Waals surface area contributed by atoms with Gasteiger partial charge in [0.2, 0.25) is 0 Å². The summed E-state index contributed by atoms with van der Waals surface area (Å²) in [5.74, 6) is -0.540. The number of carboxylic acids is 1. The van der Waals surface area contributed by atoms with Crippen LogP contribution in [-0.4, -0.2) is 20.9 Å². The van der Waals surface area contributed by atoms with Gasteiger partial charge in [-0.2, -0.15) is 5.10 Å². The number of hydrogen-bond donors (Lipinski definition) is 2. The molecule has 15 heavy (non-hydrogen) atoms. The van der Waals surface area contributed by atoms with Gasteiger partial charge < -0.3 is 10.8 Å². The second-order valence-corrected chi connectivity index (χ2v) is 4.20. The van der Waals surface area contributed by atoms with Crippen LogP contribution in [0.25, 0.3) is 0 Å². The molecule has 1 unspecified atom stereocenters. The Morgan fingerprint density at radius 3 is 2.60 bits per heavy atom. The third kappa shape index (κ3) is 2.71. The summed E-state index contributed by atoms with van der Waals surface area (Å²) in [4.78, 5) is 10.7. The number of aromatic carboxylic acids is 1. The maximum absolute atomic E-state index is 10.7. The number of anilines is 1. The van der Waals surface area contributed by atoms with E-state index < -0.39 is 5.97 Å². The summed E-state index contributed by atoms with van der Waals surface area (Å²) in [7, 11) is 0. The van der Waals surface area contributed by atoms with Gasteiger partial charge in [-0.3, -0.25) is 4.68 Å². The summed E-state index contributed by atoms with van der Waals surface area (Å²) in [5.41, 5.74) is 5.70. The molecule has 5 heteroatoms. The van der Waals surface area contributed by atoms with Crippen molar-refractivity contribution in [2.45, 2.75) is 33.2 Å². The molecular weight excluding hydrogens is 194 g/mol. The van der Waals surface area contributed by atoms with Crippen molar-refractivity contribution < 1.29 is 9.90 Å². The molecule has 0 amide bonds. The molecule has 0 aliphatic heterocycles. The molecule has 5 nitrogen and oxygen atoms in total. The fourth-order valence-corrected chi connectivity index (χ4v) is 1.59. The number of hydrogen-bond acceptors (Lipinski definition) is 3. The Hall–Kier alpha value is -1.52. The highest BCUT2D eigenvalue weighted by molar-refractivity contribution is 5.91. The highest BCUT2D eigenvalue weighted by Gasteiger charge is 2.16. The Balaban J connectivity index is 2.87. The van der Waals surface area contributed by atoms with Crippen molar-refractivity contribution in [3.8, 4) is 0 Å². The first-order valence-corrected chi connectivity index (χ1v) is 4.99. The lowest BCUT2D eigenvalue weighted by Gasteiger charge is -2.13. The van der Waals surface area contributed by atoms with Crippen LogP contribution < -0.4 is 5.73 Å². The molecule has 1 atom stereocenters. The third-order valence-corrected chi connectivity index (χ3v) is 2.23. The van der Waals surface area contributed by atoms with E-state index >= 15 is 0 Å². The van der Waals surface area contributed by atoms with Gasteiger partial charge in [0, 0.05) is 12.2 Å². The van der Waals surface area contributed by atoms with Crippen LogP contribution in [0.3, 0.4) is 0 Å². The largest absolute Gasteiger partial charge is 0.476 e. The van der Waals surface area contributed by atoms with Gasteiger partial charge in [-0.25, -0.2) is 4.79 Å². The van der Waals surface area contributed by atoms with Gasteiger partial charge in [-0.05, 0) is 19.3 Å². The Morgan fingerprint density at radius 1 is 1.60 bits per heavy atom. The molecule has 3 N–H and O–H groups in total. The van der Waals surface area contributed by atoms with Crippen molar-refractivity contribution in [3.63, 3.8) is 0 Å². The summed E-state index contributed by atoms with van der Waals surface area (Å²) >= 11 is 0. The van der Waals surface area contributed by atoms with Crippen molar-refractivity contribution in [1.29, 1.82) is 0 Å². The van der Waals surface area contributed by atoms with Gasteiger partial charge in [-0.1, -0.05) is 13.8 Å². The summed E-state index contributed by atoms with van der Waals surface area (Å²) in [6.45, 7) is 6.22. The Morgan fingerprint density at radius 2 is 2.20 bits per heavy atom. The highest BCUT2D eigenvalue weighted by Crippen LogP contribution is 2.19. The molecule has 0 aliphatic rings. The number of nitrogen functional groups attached to an aromatic ring is 1. The number of rotatable bonds is 4. The van der Waals surface area contributed by atoms with E-state index in [9.17, 15) is 4.79 Å². The monoisotopic (exact) mass is 211 g/mol. The van der Waals surface area contributed by atoms with Gasteiger partial charge in [-0.15, -0.1) is 0 Å². The molecule has 0 spiro atoms. The predicted octanol–water partition coefficient (Wildman–Crippen LogP) is 1.77. The van der Waals surface area contributed by atoms with Crippen LogP contribution in [0.1, 0.15) is 43.7 Å². The molecule has 1 aromatic heterocycles. The fraction of sp³-hybridized carbons (Fsp3) is 0.600. The normalized spacial score (nSPS) is 13.1. The lowest BCUT2D eigenvalue weighted by atomic mass is 10.1. The van der Waals surface area contributed by atoms with E-state index in [2.05, 4.69) is 18.9 Å². The molecule has 0 aliphatic carbocycles. The van der Waals surface area contributed by atoms with Gasteiger partial charge in [0.25, 0.3) is 0 Å². The first-order chi connectivity index (χ1) is 6.91. The van der Waals surface area contributed by atoms with Gasteiger partial charge in [0.15, 0.2) is 5.69 Å². The molecule has 0 fully saturated rings. The van der Waals surface area contributed by atoms with Gasteiger partial charge in [0.1, 0.15) is 0 Å². The van der Waals surface area contributed by atoms with Crippen molar-refractivity contribution in [2.24, 2.45) is 5.92 Å². The van der Waals surface area contributed by atoms with E-state index in [4.69, 9.17) is 10.8 Å². The summed E-state index contributed by atoms with van der Waals surface area (Å²) in [6.07, 6.45) is 2.52. The second-order valence-electron chi connectivity index (χ2n) is 4.20. The first kappa shape index (κ1) is 11.6. The van der Waals surface area contributed by atoms with Crippen LogP contribution in [0, 0.1) is 5.92 Å². The minimum Gasteiger partial charge on any atom is -0.476 e. The molecule has 1 heterocycles. The number of nitrogens with two attached hydrogens (primary N) is 1. The van der Waals surface area contributed by atoms with Crippen LogP contribution in [0.4, 0.5) is 5.69 Å². The standard InChI is InChI=1S/C10H17N3O2/c1-6(2)4-7(3)13-5-8(11)9(12-13)10(14)15/h5-7H,4,11H2,1-3H3,(H,14,15). The second kappa shape index (κ2) is 4.33. The van der Waals surface area contributed by atoms with E-state index in [1.807, 2.05) is 6.92 Å². The van der Waals surface area contributed by atoms with Crippen LogP contribution in [-0.2, 0) is 0 Å². The molecule has 1 aromatic rings. The molecule has 0 aromatic carbocycles. The highest BCUT2D eigenvalue weighted by atomic mass is 16.4. The molecule has 84 valence electrons. The minimum absolute atomic E-state index is 0.0643. The topological polar surface area (TPSA) is 81.1 Å². The quantitative estimate of drug-likeness (QED) is 0.795. The summed E-state index contributed by atoms with van der Waals surface area (Å²) in [6, 6.07) is 0.167. The van der Waals surface area contributed by atoms with Crippen LogP contribution in [0.2, 0.25) is 0 Å². The number of aromatic nitrogens is 2. The Kier molecular flexibility index (Phi) is 3.34. The van der Waals surface area contributed by atoms with E-state index in [0.717, 1.165) is 6.42 Å². The average Bonchev–Trinajstić information content (AvgIpc) is 2.46. The lowest BCUT2D eigenvalue weighted by Crippen LogP contribution is -2.10. The van der Waals surface area contributed by atoms with Gasteiger partial charge in [0.05, 0.1) is 5.69 Å². The van der Waals surface area contributed by atoms with Crippen molar-refractivity contribution in [2.75, 3.05) is 5.73 Å². The molecule has 0 bridgehead atoms. The Labute approximate surface area is 88.9 Å². The van der Waals surface area contributed by atoms with E-state index in [0.29, 0.717) is 5.92 Å². The van der Waals surface area contributed by atoms with Crippen LogP contribution in [0.15, 0.2) is 6.20 Å².